The summed E-state index contributed by atoms with van der Waals surface area (Å²) in [6.07, 6.45) is 0.240. The Morgan fingerprint density at radius 1 is 1.08 bits per heavy atom. The molecule has 2 aromatic rings. The van der Waals surface area contributed by atoms with Gasteiger partial charge in [-0.2, -0.15) is 0 Å². The van der Waals surface area contributed by atoms with Crippen LogP contribution in [0.2, 0.25) is 10.0 Å². The minimum Gasteiger partial charge on any atom is -0.336 e. The van der Waals surface area contributed by atoms with Crippen molar-refractivity contribution in [2.24, 2.45) is 0 Å². The van der Waals surface area contributed by atoms with Gasteiger partial charge in [0.1, 0.15) is 0 Å². The number of carbonyl (C=O) groups is 2. The number of nitrogens with one attached hydrogen (secondary N) is 1. The van der Waals surface area contributed by atoms with Crippen LogP contribution >= 0.6 is 39.1 Å². The van der Waals surface area contributed by atoms with E-state index in [1.165, 1.54) is 4.90 Å². The van der Waals surface area contributed by atoms with E-state index in [2.05, 4.69) is 21.2 Å². The number of hydrogen-bond acceptors (Lipinski definition) is 2. The maximum Gasteiger partial charge on any atom is 0.243 e. The van der Waals surface area contributed by atoms with Crippen molar-refractivity contribution in [2.75, 3.05) is 18.9 Å². The van der Waals surface area contributed by atoms with Crippen LogP contribution in [0.4, 0.5) is 5.69 Å². The van der Waals surface area contributed by atoms with Crippen molar-refractivity contribution in [3.8, 4) is 0 Å². The second-order valence-electron chi connectivity index (χ2n) is 5.23. The Kier molecular flexibility index (Phi) is 6.66. The van der Waals surface area contributed by atoms with Crippen molar-refractivity contribution in [2.45, 2.75) is 6.42 Å². The first-order valence-corrected chi connectivity index (χ1v) is 8.63. The Balaban J connectivity index is 1.89. The summed E-state index contributed by atoms with van der Waals surface area (Å²) in [6, 6.07) is 12.3. The van der Waals surface area contributed by atoms with E-state index in [1.807, 2.05) is 24.3 Å². The third-order valence-corrected chi connectivity index (χ3v) is 4.55. The summed E-state index contributed by atoms with van der Waals surface area (Å²) < 4.78 is 0.952. The molecule has 0 spiro atoms. The highest BCUT2D eigenvalue weighted by Gasteiger charge is 2.14. The molecule has 0 atom stereocenters. The number of halogens is 3. The number of hydrogen-bond donors (Lipinski definition) is 1. The first kappa shape index (κ1) is 18.8. The molecule has 7 heteroatoms. The van der Waals surface area contributed by atoms with Gasteiger partial charge in [0, 0.05) is 17.2 Å². The zero-order valence-electron chi connectivity index (χ0n) is 12.9. The van der Waals surface area contributed by atoms with Crippen LogP contribution in [0.5, 0.6) is 0 Å². The molecule has 24 heavy (non-hydrogen) atoms. The highest BCUT2D eigenvalue weighted by molar-refractivity contribution is 9.10. The molecule has 0 fully saturated rings. The third kappa shape index (κ3) is 5.51. The first-order valence-electron chi connectivity index (χ1n) is 7.08. The van der Waals surface area contributed by atoms with Gasteiger partial charge >= 0.3 is 0 Å². The predicted molar refractivity (Wildman–Crippen MR) is 101 cm³/mol. The van der Waals surface area contributed by atoms with Gasteiger partial charge in [0.2, 0.25) is 11.8 Å². The summed E-state index contributed by atoms with van der Waals surface area (Å²) in [7, 11) is 1.59. The van der Waals surface area contributed by atoms with Gasteiger partial charge < -0.3 is 10.2 Å². The standard InChI is InChI=1S/C17H15BrCl2N2O2/c1-22(17(24)8-11-2-4-12(18)5-3-11)10-16(23)21-13-6-7-14(19)15(20)9-13/h2-7,9H,8,10H2,1H3,(H,21,23). The minimum atomic E-state index is -0.306. The topological polar surface area (TPSA) is 49.4 Å². The van der Waals surface area contributed by atoms with Crippen molar-refractivity contribution >= 4 is 56.6 Å². The minimum absolute atomic E-state index is 0.0460. The number of amides is 2. The van der Waals surface area contributed by atoms with Crippen molar-refractivity contribution in [1.29, 1.82) is 0 Å². The molecule has 0 saturated carbocycles. The Hall–Kier alpha value is -1.56. The molecule has 2 rings (SSSR count). The van der Waals surface area contributed by atoms with E-state index in [-0.39, 0.29) is 24.8 Å². The summed E-state index contributed by atoms with van der Waals surface area (Å²) in [5, 5.41) is 3.45. The van der Waals surface area contributed by atoms with Crippen LogP contribution in [0.25, 0.3) is 0 Å². The fraction of sp³-hybridized carbons (Fsp3) is 0.176. The summed E-state index contributed by atoms with van der Waals surface area (Å²) in [4.78, 5) is 25.6. The van der Waals surface area contributed by atoms with Crippen molar-refractivity contribution < 1.29 is 9.59 Å². The van der Waals surface area contributed by atoms with Crippen LogP contribution in [0, 0.1) is 0 Å². The molecule has 0 aliphatic heterocycles. The van der Waals surface area contributed by atoms with Crippen LogP contribution in [0.15, 0.2) is 46.9 Å². The number of carbonyl (C=O) groups excluding carboxylic acids is 2. The Labute approximate surface area is 158 Å². The van der Waals surface area contributed by atoms with Gasteiger partial charge in [-0.05, 0) is 35.9 Å². The lowest BCUT2D eigenvalue weighted by Gasteiger charge is -2.17. The molecule has 1 N–H and O–H groups in total. The van der Waals surface area contributed by atoms with E-state index in [1.54, 1.807) is 25.2 Å². The average molecular weight is 430 g/mol. The second kappa shape index (κ2) is 8.51. The second-order valence-corrected chi connectivity index (χ2v) is 6.96. The van der Waals surface area contributed by atoms with Crippen LogP contribution in [0.3, 0.4) is 0 Å². The largest absolute Gasteiger partial charge is 0.336 e. The molecule has 4 nitrogen and oxygen atoms in total. The highest BCUT2D eigenvalue weighted by atomic mass is 79.9. The molecule has 0 heterocycles. The fourth-order valence-electron chi connectivity index (χ4n) is 1.99. The predicted octanol–water partition coefficient (Wildman–Crippen LogP) is 4.40. The molecule has 0 aliphatic carbocycles. The lowest BCUT2D eigenvalue weighted by atomic mass is 10.1. The maximum absolute atomic E-state index is 12.2. The van der Waals surface area contributed by atoms with E-state index in [4.69, 9.17) is 23.2 Å². The van der Waals surface area contributed by atoms with Crippen molar-refractivity contribution in [1.82, 2.24) is 4.90 Å². The Morgan fingerprint density at radius 3 is 2.38 bits per heavy atom. The van der Waals surface area contributed by atoms with E-state index < -0.39 is 0 Å². The normalized spacial score (nSPS) is 10.3. The molecule has 126 valence electrons. The number of likely N-dealkylation sites (N-methyl/N-ethyl adjacent to an activating group) is 1. The molecule has 0 aromatic heterocycles. The summed E-state index contributed by atoms with van der Waals surface area (Å²) in [5.41, 5.74) is 1.42. The summed E-state index contributed by atoms with van der Waals surface area (Å²) in [5.74, 6) is -0.443. The molecule has 0 aliphatic rings. The third-order valence-electron chi connectivity index (χ3n) is 3.28. The van der Waals surface area contributed by atoms with Crippen LogP contribution in [-0.2, 0) is 16.0 Å². The molecule has 2 aromatic carbocycles. The van der Waals surface area contributed by atoms with Crippen LogP contribution in [-0.4, -0.2) is 30.3 Å². The molecule has 0 unspecified atom stereocenters. The van der Waals surface area contributed by atoms with Gasteiger partial charge in [-0.15, -0.1) is 0 Å². The van der Waals surface area contributed by atoms with Gasteiger partial charge in [0.25, 0.3) is 0 Å². The van der Waals surface area contributed by atoms with Crippen molar-refractivity contribution in [3.63, 3.8) is 0 Å². The van der Waals surface area contributed by atoms with Gasteiger partial charge in [0.15, 0.2) is 0 Å². The smallest absolute Gasteiger partial charge is 0.243 e. The van der Waals surface area contributed by atoms with E-state index in [0.29, 0.717) is 15.7 Å². The van der Waals surface area contributed by atoms with Crippen LogP contribution < -0.4 is 5.32 Å². The van der Waals surface area contributed by atoms with Crippen LogP contribution in [0.1, 0.15) is 5.56 Å². The number of anilines is 1. The molecule has 0 bridgehead atoms. The quantitative estimate of drug-likeness (QED) is 0.765. The monoisotopic (exact) mass is 428 g/mol. The SMILES string of the molecule is CN(CC(=O)Nc1ccc(Cl)c(Cl)c1)C(=O)Cc1ccc(Br)cc1. The van der Waals surface area contributed by atoms with E-state index >= 15 is 0 Å². The molecule has 2 amide bonds. The number of nitrogens with zero attached hydrogens (tertiary/aromatic N) is 1. The van der Waals surface area contributed by atoms with Gasteiger partial charge in [-0.1, -0.05) is 51.3 Å². The van der Waals surface area contributed by atoms with Gasteiger partial charge in [-0.25, -0.2) is 0 Å². The lowest BCUT2D eigenvalue weighted by molar-refractivity contribution is -0.132. The number of benzene rings is 2. The summed E-state index contributed by atoms with van der Waals surface area (Å²) >= 11 is 15.1. The van der Waals surface area contributed by atoms with Crippen molar-refractivity contribution in [3.05, 3.63) is 62.5 Å². The lowest BCUT2D eigenvalue weighted by Crippen LogP contribution is -2.35. The first-order chi connectivity index (χ1) is 11.3. The molecular weight excluding hydrogens is 415 g/mol. The van der Waals surface area contributed by atoms with Gasteiger partial charge in [0.05, 0.1) is 23.0 Å². The molecular formula is C17H15BrCl2N2O2. The Morgan fingerprint density at radius 2 is 1.75 bits per heavy atom. The zero-order valence-corrected chi connectivity index (χ0v) is 16.0. The highest BCUT2D eigenvalue weighted by Crippen LogP contribution is 2.24. The molecule has 0 saturated heterocycles. The maximum atomic E-state index is 12.2. The zero-order chi connectivity index (χ0) is 17.7. The van der Waals surface area contributed by atoms with E-state index in [0.717, 1.165) is 10.0 Å². The summed E-state index contributed by atoms with van der Waals surface area (Å²) in [6.45, 7) is -0.0460. The number of rotatable bonds is 5. The fourth-order valence-corrected chi connectivity index (χ4v) is 2.55. The molecule has 0 radical (unpaired) electrons. The van der Waals surface area contributed by atoms with Gasteiger partial charge in [-0.3, -0.25) is 9.59 Å². The Bertz CT molecular complexity index is 751. The van der Waals surface area contributed by atoms with E-state index in [9.17, 15) is 9.59 Å². The average Bonchev–Trinajstić information content (AvgIpc) is 2.53.